The number of methoxy groups -OCH3 is 1. The summed E-state index contributed by atoms with van der Waals surface area (Å²) >= 11 is 5.99. The number of nitrogens with zero attached hydrogens (tertiary/aromatic N) is 1. The molecule has 27 heavy (non-hydrogen) atoms. The number of benzene rings is 2. The van der Waals surface area contributed by atoms with Gasteiger partial charge in [0.15, 0.2) is 5.78 Å². The molecular formula is C19H21ClN2O4S. The van der Waals surface area contributed by atoms with Crippen molar-refractivity contribution < 1.29 is 17.9 Å². The Hall–Kier alpha value is -2.09. The highest BCUT2D eigenvalue weighted by Gasteiger charge is 2.27. The van der Waals surface area contributed by atoms with Gasteiger partial charge < -0.3 is 10.1 Å². The van der Waals surface area contributed by atoms with Gasteiger partial charge in [0.05, 0.1) is 24.2 Å². The van der Waals surface area contributed by atoms with E-state index in [2.05, 4.69) is 5.32 Å². The number of sulfonamides is 1. The number of ether oxygens (including phenoxy) is 1. The van der Waals surface area contributed by atoms with E-state index in [-0.39, 0.29) is 17.2 Å². The second kappa shape index (κ2) is 8.29. The number of anilines is 1. The molecule has 6 nitrogen and oxygen atoms in total. The minimum Gasteiger partial charge on any atom is -0.495 e. The van der Waals surface area contributed by atoms with E-state index >= 15 is 0 Å². The highest BCUT2D eigenvalue weighted by Crippen LogP contribution is 2.27. The fourth-order valence-corrected chi connectivity index (χ4v) is 4.74. The van der Waals surface area contributed by atoms with Crippen molar-refractivity contribution in [2.45, 2.75) is 17.7 Å². The fraction of sp³-hybridized carbons (Fsp3) is 0.316. The molecule has 1 saturated heterocycles. The Bertz CT molecular complexity index is 940. The van der Waals surface area contributed by atoms with E-state index in [4.69, 9.17) is 16.3 Å². The Balaban J connectivity index is 1.75. The van der Waals surface area contributed by atoms with Crippen LogP contribution < -0.4 is 10.1 Å². The van der Waals surface area contributed by atoms with Crippen LogP contribution in [0.3, 0.4) is 0 Å². The van der Waals surface area contributed by atoms with E-state index < -0.39 is 10.0 Å². The Morgan fingerprint density at radius 2 is 1.93 bits per heavy atom. The van der Waals surface area contributed by atoms with Crippen LogP contribution in [0.2, 0.25) is 5.02 Å². The van der Waals surface area contributed by atoms with Crippen LogP contribution in [0.4, 0.5) is 5.69 Å². The third-order valence-electron chi connectivity index (χ3n) is 4.46. The van der Waals surface area contributed by atoms with Gasteiger partial charge in [-0.1, -0.05) is 23.7 Å². The Labute approximate surface area is 164 Å². The second-order valence-electron chi connectivity index (χ2n) is 6.26. The fourth-order valence-electron chi connectivity index (χ4n) is 3.00. The minimum absolute atomic E-state index is 0.0100. The number of rotatable bonds is 7. The van der Waals surface area contributed by atoms with Gasteiger partial charge in [0, 0.05) is 23.7 Å². The summed E-state index contributed by atoms with van der Waals surface area (Å²) in [5, 5.41) is 3.52. The first-order valence-electron chi connectivity index (χ1n) is 8.62. The number of ketones is 1. The van der Waals surface area contributed by atoms with E-state index in [1.807, 2.05) is 0 Å². The van der Waals surface area contributed by atoms with Crippen molar-refractivity contribution in [3.05, 3.63) is 53.1 Å². The van der Waals surface area contributed by atoms with Crippen molar-refractivity contribution in [3.8, 4) is 5.75 Å². The number of carbonyl (C=O) groups excluding carboxylic acids is 1. The summed E-state index contributed by atoms with van der Waals surface area (Å²) < 4.78 is 32.1. The summed E-state index contributed by atoms with van der Waals surface area (Å²) in [5.41, 5.74) is 0.933. The normalized spacial score (nSPS) is 14.9. The van der Waals surface area contributed by atoms with Crippen molar-refractivity contribution in [2.24, 2.45) is 0 Å². The van der Waals surface area contributed by atoms with E-state index in [0.717, 1.165) is 12.8 Å². The van der Waals surface area contributed by atoms with Crippen LogP contribution in [0.1, 0.15) is 23.2 Å². The van der Waals surface area contributed by atoms with E-state index in [0.29, 0.717) is 35.1 Å². The molecule has 1 fully saturated rings. The largest absolute Gasteiger partial charge is 0.495 e. The van der Waals surface area contributed by atoms with Crippen molar-refractivity contribution in [1.29, 1.82) is 0 Å². The summed E-state index contributed by atoms with van der Waals surface area (Å²) in [5.74, 6) is 0.341. The zero-order valence-electron chi connectivity index (χ0n) is 14.9. The molecule has 3 rings (SSSR count). The van der Waals surface area contributed by atoms with Gasteiger partial charge in [0.2, 0.25) is 10.0 Å². The van der Waals surface area contributed by atoms with Crippen LogP contribution in [-0.4, -0.2) is 45.3 Å². The quantitative estimate of drug-likeness (QED) is 0.710. The van der Waals surface area contributed by atoms with Crippen molar-refractivity contribution in [2.75, 3.05) is 32.1 Å². The number of hydrogen-bond donors (Lipinski definition) is 1. The van der Waals surface area contributed by atoms with E-state index in [9.17, 15) is 13.2 Å². The van der Waals surface area contributed by atoms with Gasteiger partial charge >= 0.3 is 0 Å². The van der Waals surface area contributed by atoms with Crippen molar-refractivity contribution >= 4 is 33.1 Å². The van der Waals surface area contributed by atoms with Crippen LogP contribution in [0.25, 0.3) is 0 Å². The predicted molar refractivity (Wildman–Crippen MR) is 105 cm³/mol. The molecule has 144 valence electrons. The summed E-state index contributed by atoms with van der Waals surface area (Å²) in [6.45, 7) is 1.04. The third kappa shape index (κ3) is 4.43. The van der Waals surface area contributed by atoms with Crippen LogP contribution in [-0.2, 0) is 10.0 Å². The molecule has 0 radical (unpaired) electrons. The topological polar surface area (TPSA) is 75.7 Å². The Morgan fingerprint density at radius 3 is 2.63 bits per heavy atom. The van der Waals surface area contributed by atoms with Crippen molar-refractivity contribution in [3.63, 3.8) is 0 Å². The molecule has 2 aromatic carbocycles. The first-order chi connectivity index (χ1) is 12.9. The molecule has 1 N–H and O–H groups in total. The molecule has 1 aliphatic heterocycles. The average Bonchev–Trinajstić information content (AvgIpc) is 3.22. The SMILES string of the molecule is COc1ccc(Cl)cc1NCC(=O)c1cccc(S(=O)(=O)N2CCCC2)c1. The number of carbonyl (C=O) groups is 1. The maximum absolute atomic E-state index is 12.7. The molecular weight excluding hydrogens is 388 g/mol. The predicted octanol–water partition coefficient (Wildman–Crippen LogP) is 3.43. The van der Waals surface area contributed by atoms with Gasteiger partial charge in [-0.25, -0.2) is 8.42 Å². The van der Waals surface area contributed by atoms with Gasteiger partial charge in [-0.05, 0) is 43.2 Å². The van der Waals surface area contributed by atoms with Gasteiger partial charge in [-0.15, -0.1) is 0 Å². The Morgan fingerprint density at radius 1 is 1.19 bits per heavy atom. The maximum Gasteiger partial charge on any atom is 0.243 e. The summed E-state index contributed by atoms with van der Waals surface area (Å²) in [6, 6.07) is 11.2. The van der Waals surface area contributed by atoms with Gasteiger partial charge in [0.1, 0.15) is 5.75 Å². The molecule has 0 aliphatic carbocycles. The molecule has 8 heteroatoms. The molecule has 1 aliphatic rings. The molecule has 0 aromatic heterocycles. The smallest absolute Gasteiger partial charge is 0.243 e. The summed E-state index contributed by atoms with van der Waals surface area (Å²) in [6.07, 6.45) is 1.73. The van der Waals surface area contributed by atoms with Crippen LogP contribution in [0.15, 0.2) is 47.4 Å². The molecule has 0 amide bonds. The van der Waals surface area contributed by atoms with E-state index in [1.54, 1.807) is 30.3 Å². The molecule has 0 saturated carbocycles. The average molecular weight is 409 g/mol. The first kappa shape index (κ1) is 19.7. The highest BCUT2D eigenvalue weighted by atomic mass is 35.5. The lowest BCUT2D eigenvalue weighted by atomic mass is 10.1. The number of halogens is 1. The van der Waals surface area contributed by atoms with Crippen LogP contribution in [0, 0.1) is 0 Å². The lowest BCUT2D eigenvalue weighted by Gasteiger charge is -2.16. The van der Waals surface area contributed by atoms with E-state index in [1.165, 1.54) is 23.5 Å². The first-order valence-corrected chi connectivity index (χ1v) is 10.4. The molecule has 0 atom stereocenters. The summed E-state index contributed by atoms with van der Waals surface area (Å²) in [4.78, 5) is 12.7. The monoisotopic (exact) mass is 408 g/mol. The maximum atomic E-state index is 12.7. The Kier molecular flexibility index (Phi) is 6.04. The minimum atomic E-state index is -3.55. The lowest BCUT2D eigenvalue weighted by molar-refractivity contribution is 0.101. The lowest BCUT2D eigenvalue weighted by Crippen LogP contribution is -2.28. The highest BCUT2D eigenvalue weighted by molar-refractivity contribution is 7.89. The standard InChI is InChI=1S/C19H21ClN2O4S/c1-26-19-8-7-15(20)12-17(19)21-13-18(23)14-5-4-6-16(11-14)27(24,25)22-9-2-3-10-22/h4-8,11-12,21H,2-3,9-10,13H2,1H3. The number of hydrogen-bond acceptors (Lipinski definition) is 5. The zero-order chi connectivity index (χ0) is 19.4. The molecule has 0 bridgehead atoms. The second-order valence-corrected chi connectivity index (χ2v) is 8.63. The van der Waals surface area contributed by atoms with Crippen LogP contribution >= 0.6 is 11.6 Å². The van der Waals surface area contributed by atoms with Crippen molar-refractivity contribution in [1.82, 2.24) is 4.31 Å². The van der Waals surface area contributed by atoms with Crippen LogP contribution in [0.5, 0.6) is 5.75 Å². The molecule has 0 spiro atoms. The molecule has 2 aromatic rings. The summed E-state index contributed by atoms with van der Waals surface area (Å²) in [7, 11) is -2.02. The third-order valence-corrected chi connectivity index (χ3v) is 6.59. The van der Waals surface area contributed by atoms with Gasteiger partial charge in [0.25, 0.3) is 0 Å². The zero-order valence-corrected chi connectivity index (χ0v) is 16.5. The number of nitrogens with one attached hydrogen (secondary N) is 1. The van der Waals surface area contributed by atoms with Gasteiger partial charge in [-0.2, -0.15) is 4.31 Å². The number of Topliss-reactive ketones (excluding diaryl/α,β-unsaturated/α-hetero) is 1. The van der Waals surface area contributed by atoms with Gasteiger partial charge in [-0.3, -0.25) is 4.79 Å². The molecule has 1 heterocycles. The molecule has 0 unspecified atom stereocenters.